The smallest absolute Gasteiger partial charge is 0.214 e. The van der Waals surface area contributed by atoms with Gasteiger partial charge in [-0.2, -0.15) is 0 Å². The van der Waals surface area contributed by atoms with Crippen molar-refractivity contribution >= 4 is 0 Å². The summed E-state index contributed by atoms with van der Waals surface area (Å²) in [5, 5.41) is 9.48. The molecular weight excluding hydrogens is 162 g/mol. The number of hydrogen-bond donors (Lipinski definition) is 1. The lowest BCUT2D eigenvalue weighted by Crippen LogP contribution is -2.15. The highest BCUT2D eigenvalue weighted by atomic mass is 16.3. The lowest BCUT2D eigenvalue weighted by Gasteiger charge is -2.20. The predicted molar refractivity (Wildman–Crippen MR) is 54.1 cm³/mol. The van der Waals surface area contributed by atoms with Gasteiger partial charge in [0.1, 0.15) is 0 Å². The molecule has 0 saturated carbocycles. The Balaban J connectivity index is 3.32. The van der Waals surface area contributed by atoms with Gasteiger partial charge in [-0.25, -0.2) is 4.98 Å². The third kappa shape index (κ3) is 2.00. The average Bonchev–Trinajstić information content (AvgIpc) is 1.94. The van der Waals surface area contributed by atoms with E-state index in [0.717, 1.165) is 16.8 Å². The molecular formula is C11H17NO. The average molecular weight is 179 g/mol. The molecule has 2 nitrogen and oxygen atoms in total. The van der Waals surface area contributed by atoms with Crippen molar-refractivity contribution in [2.24, 2.45) is 0 Å². The summed E-state index contributed by atoms with van der Waals surface area (Å²) in [4.78, 5) is 4.20. The Hall–Kier alpha value is -1.05. The molecule has 0 bridgehead atoms. The van der Waals surface area contributed by atoms with E-state index in [-0.39, 0.29) is 11.3 Å². The third-order valence-electron chi connectivity index (χ3n) is 2.09. The number of hydrogen-bond acceptors (Lipinski definition) is 2. The van der Waals surface area contributed by atoms with Crippen molar-refractivity contribution in [2.45, 2.75) is 40.0 Å². The first-order valence-corrected chi connectivity index (χ1v) is 4.50. The summed E-state index contributed by atoms with van der Waals surface area (Å²) in [7, 11) is 0. The molecule has 0 aliphatic rings. The van der Waals surface area contributed by atoms with Crippen LogP contribution in [0.15, 0.2) is 6.07 Å². The number of aromatic nitrogens is 1. The standard InChI is InChI=1S/C11H17NO/c1-7-6-8(2)10(13)12-9(7)11(3,4)5/h6H,1-5H3,(H,12,13). The Morgan fingerprint density at radius 2 is 1.69 bits per heavy atom. The molecule has 0 aliphatic heterocycles. The van der Waals surface area contributed by atoms with E-state index in [4.69, 9.17) is 0 Å². The van der Waals surface area contributed by atoms with Gasteiger partial charge in [-0.3, -0.25) is 0 Å². The molecule has 0 radical (unpaired) electrons. The summed E-state index contributed by atoms with van der Waals surface area (Å²) in [5.41, 5.74) is 2.94. The van der Waals surface area contributed by atoms with Crippen molar-refractivity contribution in [2.75, 3.05) is 0 Å². The van der Waals surface area contributed by atoms with E-state index in [1.54, 1.807) is 0 Å². The van der Waals surface area contributed by atoms with Crippen LogP contribution in [0, 0.1) is 13.8 Å². The number of nitrogens with zero attached hydrogens (tertiary/aromatic N) is 1. The van der Waals surface area contributed by atoms with Crippen LogP contribution in [0.25, 0.3) is 0 Å². The van der Waals surface area contributed by atoms with E-state index in [0.29, 0.717) is 0 Å². The maximum Gasteiger partial charge on any atom is 0.214 e. The zero-order valence-corrected chi connectivity index (χ0v) is 8.97. The van der Waals surface area contributed by atoms with E-state index >= 15 is 0 Å². The van der Waals surface area contributed by atoms with Crippen LogP contribution in [0.5, 0.6) is 5.88 Å². The van der Waals surface area contributed by atoms with Crippen molar-refractivity contribution in [3.63, 3.8) is 0 Å². The number of aryl methyl sites for hydroxylation is 2. The van der Waals surface area contributed by atoms with E-state index in [1.165, 1.54) is 0 Å². The first-order chi connectivity index (χ1) is 5.82. The number of pyridine rings is 1. The highest BCUT2D eigenvalue weighted by molar-refractivity contribution is 5.34. The summed E-state index contributed by atoms with van der Waals surface area (Å²) in [5.74, 6) is 0.149. The quantitative estimate of drug-likeness (QED) is 0.664. The summed E-state index contributed by atoms with van der Waals surface area (Å²) in [6.07, 6.45) is 0. The molecule has 1 aromatic rings. The Kier molecular flexibility index (Phi) is 2.33. The molecule has 13 heavy (non-hydrogen) atoms. The van der Waals surface area contributed by atoms with Gasteiger partial charge < -0.3 is 5.11 Å². The van der Waals surface area contributed by atoms with Gasteiger partial charge in [0.05, 0.1) is 5.69 Å². The van der Waals surface area contributed by atoms with Gasteiger partial charge in [0.15, 0.2) is 0 Å². The Bertz CT molecular complexity index is 324. The molecule has 1 N–H and O–H groups in total. The minimum atomic E-state index is -0.00470. The van der Waals surface area contributed by atoms with E-state index in [2.05, 4.69) is 25.8 Å². The second-order valence-corrected chi connectivity index (χ2v) is 4.54. The van der Waals surface area contributed by atoms with Crippen LogP contribution in [-0.4, -0.2) is 10.1 Å². The van der Waals surface area contributed by atoms with Gasteiger partial charge >= 0.3 is 0 Å². The largest absolute Gasteiger partial charge is 0.493 e. The number of aromatic hydroxyl groups is 1. The summed E-state index contributed by atoms with van der Waals surface area (Å²) in [6, 6.07) is 1.98. The van der Waals surface area contributed by atoms with Crippen LogP contribution in [0.3, 0.4) is 0 Å². The van der Waals surface area contributed by atoms with Crippen LogP contribution in [-0.2, 0) is 5.41 Å². The zero-order valence-electron chi connectivity index (χ0n) is 8.97. The Morgan fingerprint density at radius 3 is 2.15 bits per heavy atom. The fourth-order valence-corrected chi connectivity index (χ4v) is 1.50. The summed E-state index contributed by atoms with van der Waals surface area (Å²) in [6.45, 7) is 10.2. The molecule has 0 atom stereocenters. The predicted octanol–water partition coefficient (Wildman–Crippen LogP) is 2.70. The fraction of sp³-hybridized carbons (Fsp3) is 0.545. The Morgan fingerprint density at radius 1 is 1.15 bits per heavy atom. The van der Waals surface area contributed by atoms with Gasteiger partial charge in [-0.1, -0.05) is 20.8 Å². The summed E-state index contributed by atoms with van der Waals surface area (Å²) >= 11 is 0. The van der Waals surface area contributed by atoms with Crippen LogP contribution >= 0.6 is 0 Å². The van der Waals surface area contributed by atoms with Gasteiger partial charge in [0.2, 0.25) is 5.88 Å². The van der Waals surface area contributed by atoms with Crippen LogP contribution in [0.2, 0.25) is 0 Å². The monoisotopic (exact) mass is 179 g/mol. The second kappa shape index (κ2) is 3.02. The lowest BCUT2D eigenvalue weighted by atomic mass is 9.88. The highest BCUT2D eigenvalue weighted by Crippen LogP contribution is 2.27. The van der Waals surface area contributed by atoms with Crippen LogP contribution < -0.4 is 0 Å². The highest BCUT2D eigenvalue weighted by Gasteiger charge is 2.19. The first-order valence-electron chi connectivity index (χ1n) is 4.50. The topological polar surface area (TPSA) is 33.1 Å². The van der Waals surface area contributed by atoms with E-state index in [1.807, 2.05) is 19.9 Å². The summed E-state index contributed by atoms with van der Waals surface area (Å²) < 4.78 is 0. The molecule has 0 aliphatic carbocycles. The second-order valence-electron chi connectivity index (χ2n) is 4.54. The zero-order chi connectivity index (χ0) is 10.2. The van der Waals surface area contributed by atoms with Gasteiger partial charge in [0.25, 0.3) is 0 Å². The lowest BCUT2D eigenvalue weighted by molar-refractivity contribution is 0.437. The molecule has 0 amide bonds. The van der Waals surface area contributed by atoms with E-state index in [9.17, 15) is 5.11 Å². The fourth-order valence-electron chi connectivity index (χ4n) is 1.50. The van der Waals surface area contributed by atoms with E-state index < -0.39 is 0 Å². The molecule has 0 aromatic carbocycles. The molecule has 0 unspecified atom stereocenters. The van der Waals surface area contributed by atoms with Crippen molar-refractivity contribution in [3.8, 4) is 5.88 Å². The molecule has 72 valence electrons. The van der Waals surface area contributed by atoms with Crippen molar-refractivity contribution in [1.29, 1.82) is 0 Å². The molecule has 0 saturated heterocycles. The molecule has 1 aromatic heterocycles. The normalized spacial score (nSPS) is 11.8. The van der Waals surface area contributed by atoms with Crippen molar-refractivity contribution < 1.29 is 5.11 Å². The molecule has 2 heteroatoms. The minimum Gasteiger partial charge on any atom is -0.493 e. The van der Waals surface area contributed by atoms with Gasteiger partial charge in [-0.05, 0) is 25.5 Å². The third-order valence-corrected chi connectivity index (χ3v) is 2.09. The maximum absolute atomic E-state index is 9.48. The SMILES string of the molecule is Cc1cc(C)c(C(C)(C)C)nc1O. The molecule has 0 spiro atoms. The van der Waals surface area contributed by atoms with Crippen molar-refractivity contribution in [3.05, 3.63) is 22.9 Å². The maximum atomic E-state index is 9.48. The van der Waals surface area contributed by atoms with Crippen LogP contribution in [0.4, 0.5) is 0 Å². The van der Waals surface area contributed by atoms with Crippen LogP contribution in [0.1, 0.15) is 37.6 Å². The van der Waals surface area contributed by atoms with Gasteiger partial charge in [0, 0.05) is 11.0 Å². The van der Waals surface area contributed by atoms with Crippen molar-refractivity contribution in [1.82, 2.24) is 4.98 Å². The Labute approximate surface area is 79.6 Å². The van der Waals surface area contributed by atoms with Gasteiger partial charge in [-0.15, -0.1) is 0 Å². The molecule has 0 fully saturated rings. The molecule has 1 heterocycles. The first kappa shape index (κ1) is 10.0. The molecule has 1 rings (SSSR count). The minimum absolute atomic E-state index is 0.00470. The number of rotatable bonds is 0.